The first-order valence-corrected chi connectivity index (χ1v) is 7.66. The largest absolute Gasteiger partial charge is 0.481 e. The number of carboxylic acid groups (broad SMARTS) is 1. The van der Waals surface area contributed by atoms with Crippen LogP contribution in [0, 0.1) is 16.7 Å². The van der Waals surface area contributed by atoms with E-state index in [1.165, 1.54) is 0 Å². The van der Waals surface area contributed by atoms with Crippen LogP contribution in [0.4, 0.5) is 0 Å². The summed E-state index contributed by atoms with van der Waals surface area (Å²) in [5, 5.41) is 12.4. The molecule has 0 spiro atoms. The van der Waals surface area contributed by atoms with E-state index in [-0.39, 0.29) is 12.5 Å². The van der Waals surface area contributed by atoms with Crippen LogP contribution >= 0.6 is 0 Å². The fraction of sp³-hybridized carbons (Fsp3) is 0.867. The van der Waals surface area contributed by atoms with Gasteiger partial charge in [-0.05, 0) is 44.4 Å². The second-order valence-corrected chi connectivity index (χ2v) is 6.79. The number of amides is 1. The van der Waals surface area contributed by atoms with Gasteiger partial charge in [0.05, 0.1) is 10.8 Å². The number of aliphatic carboxylic acids is 1. The Morgan fingerprint density at radius 1 is 1.20 bits per heavy atom. The predicted molar refractivity (Wildman–Crippen MR) is 76.0 cm³/mol. The van der Waals surface area contributed by atoms with E-state index >= 15 is 0 Å². The Morgan fingerprint density at radius 2 is 1.80 bits per heavy atom. The topological polar surface area (TPSA) is 92.4 Å². The number of carboxylic acids is 1. The van der Waals surface area contributed by atoms with Crippen LogP contribution in [-0.2, 0) is 9.59 Å². The van der Waals surface area contributed by atoms with Gasteiger partial charge in [0.1, 0.15) is 0 Å². The van der Waals surface area contributed by atoms with Crippen molar-refractivity contribution >= 4 is 11.9 Å². The highest BCUT2D eigenvalue weighted by Gasteiger charge is 2.46. The van der Waals surface area contributed by atoms with Crippen molar-refractivity contribution in [2.75, 3.05) is 13.1 Å². The summed E-state index contributed by atoms with van der Waals surface area (Å²) in [6.07, 6.45) is 5.83. The smallest absolute Gasteiger partial charge is 0.311 e. The van der Waals surface area contributed by atoms with E-state index < -0.39 is 16.8 Å². The third-order valence-electron chi connectivity index (χ3n) is 5.46. The minimum Gasteiger partial charge on any atom is -0.481 e. The molecule has 0 radical (unpaired) electrons. The molecule has 2 aliphatic carbocycles. The lowest BCUT2D eigenvalue weighted by molar-refractivity contribution is -0.152. The maximum absolute atomic E-state index is 12.3. The molecule has 2 saturated carbocycles. The van der Waals surface area contributed by atoms with Crippen LogP contribution in [0.3, 0.4) is 0 Å². The summed E-state index contributed by atoms with van der Waals surface area (Å²) in [6.45, 7) is 2.76. The number of hydrogen-bond donors (Lipinski definition) is 3. The summed E-state index contributed by atoms with van der Waals surface area (Å²) >= 11 is 0. The lowest BCUT2D eigenvalue weighted by atomic mass is 9.67. The Balaban J connectivity index is 1.96. The molecule has 0 aromatic carbocycles. The summed E-state index contributed by atoms with van der Waals surface area (Å²) in [6, 6.07) is 0. The second-order valence-electron chi connectivity index (χ2n) is 6.79. The fourth-order valence-corrected chi connectivity index (χ4v) is 3.35. The van der Waals surface area contributed by atoms with Gasteiger partial charge in [0.15, 0.2) is 0 Å². The van der Waals surface area contributed by atoms with Gasteiger partial charge in [-0.25, -0.2) is 0 Å². The zero-order chi connectivity index (χ0) is 14.8. The molecule has 2 aliphatic rings. The van der Waals surface area contributed by atoms with Gasteiger partial charge in [-0.3, -0.25) is 9.59 Å². The number of hydrogen-bond acceptors (Lipinski definition) is 3. The second kappa shape index (κ2) is 5.72. The zero-order valence-corrected chi connectivity index (χ0v) is 12.3. The van der Waals surface area contributed by atoms with Gasteiger partial charge in [-0.15, -0.1) is 0 Å². The van der Waals surface area contributed by atoms with E-state index in [0.29, 0.717) is 25.3 Å². The van der Waals surface area contributed by atoms with Crippen LogP contribution in [0.1, 0.15) is 51.9 Å². The summed E-state index contributed by atoms with van der Waals surface area (Å²) in [5.74, 6) is -0.245. The van der Waals surface area contributed by atoms with E-state index in [0.717, 1.165) is 32.1 Å². The highest BCUT2D eigenvalue weighted by Crippen LogP contribution is 2.41. The molecule has 5 heteroatoms. The van der Waals surface area contributed by atoms with Crippen molar-refractivity contribution in [1.29, 1.82) is 0 Å². The molecule has 0 atom stereocenters. The van der Waals surface area contributed by atoms with Crippen molar-refractivity contribution in [3.63, 3.8) is 0 Å². The molecule has 114 valence electrons. The molecule has 0 saturated heterocycles. The van der Waals surface area contributed by atoms with Crippen LogP contribution in [0.25, 0.3) is 0 Å². The maximum Gasteiger partial charge on any atom is 0.311 e. The lowest BCUT2D eigenvalue weighted by Gasteiger charge is -2.41. The molecule has 1 amide bonds. The van der Waals surface area contributed by atoms with E-state index in [9.17, 15) is 14.7 Å². The molecule has 2 fully saturated rings. The molecule has 0 heterocycles. The van der Waals surface area contributed by atoms with Crippen LogP contribution in [-0.4, -0.2) is 30.1 Å². The fourth-order valence-electron chi connectivity index (χ4n) is 3.35. The number of nitrogens with one attached hydrogen (secondary N) is 1. The monoisotopic (exact) mass is 282 g/mol. The molecule has 2 rings (SSSR count). The number of carbonyl (C=O) groups excluding carboxylic acids is 1. The van der Waals surface area contributed by atoms with Crippen molar-refractivity contribution in [2.24, 2.45) is 22.5 Å². The average Bonchev–Trinajstić information content (AvgIpc) is 2.37. The van der Waals surface area contributed by atoms with E-state index in [4.69, 9.17) is 5.73 Å². The summed E-state index contributed by atoms with van der Waals surface area (Å²) in [5.41, 5.74) is 4.51. The lowest BCUT2D eigenvalue weighted by Crippen LogP contribution is -2.54. The van der Waals surface area contributed by atoms with Gasteiger partial charge < -0.3 is 16.2 Å². The Morgan fingerprint density at radius 3 is 2.20 bits per heavy atom. The number of nitrogens with two attached hydrogens (primary N) is 1. The Hall–Kier alpha value is -1.10. The molecular weight excluding hydrogens is 256 g/mol. The Labute approximate surface area is 120 Å². The predicted octanol–water partition coefficient (Wildman–Crippen LogP) is 1.51. The minimum absolute atomic E-state index is 0.0505. The molecule has 5 nitrogen and oxygen atoms in total. The van der Waals surface area contributed by atoms with E-state index in [1.54, 1.807) is 0 Å². The molecule has 0 bridgehead atoms. The van der Waals surface area contributed by atoms with E-state index in [1.807, 2.05) is 0 Å². The van der Waals surface area contributed by atoms with Gasteiger partial charge in [-0.1, -0.05) is 13.3 Å². The standard InChI is InChI=1S/C15H26N2O3/c1-11-3-7-15(8-4-11,13(19)20)10-17-12(18)14(9-16)5-2-6-14/h11H,2-10,16H2,1H3,(H,17,18)(H,19,20). The summed E-state index contributed by atoms with van der Waals surface area (Å²) < 4.78 is 0. The van der Waals surface area contributed by atoms with Crippen molar-refractivity contribution < 1.29 is 14.7 Å². The molecule has 0 aromatic rings. The van der Waals surface area contributed by atoms with Gasteiger partial charge in [0.25, 0.3) is 0 Å². The van der Waals surface area contributed by atoms with Gasteiger partial charge >= 0.3 is 5.97 Å². The molecule has 20 heavy (non-hydrogen) atoms. The number of carbonyl (C=O) groups is 2. The van der Waals surface area contributed by atoms with Crippen LogP contribution in [0.5, 0.6) is 0 Å². The molecule has 4 N–H and O–H groups in total. The molecule has 0 aliphatic heterocycles. The first kappa shape index (κ1) is 15.3. The maximum atomic E-state index is 12.3. The van der Waals surface area contributed by atoms with Crippen LogP contribution in [0.2, 0.25) is 0 Å². The van der Waals surface area contributed by atoms with Crippen LogP contribution in [0.15, 0.2) is 0 Å². The summed E-state index contributed by atoms with van der Waals surface area (Å²) in [4.78, 5) is 23.9. The summed E-state index contributed by atoms with van der Waals surface area (Å²) in [7, 11) is 0. The Bertz CT molecular complexity index is 377. The Kier molecular flexibility index (Phi) is 4.37. The highest BCUT2D eigenvalue weighted by molar-refractivity contribution is 5.84. The first-order valence-electron chi connectivity index (χ1n) is 7.66. The zero-order valence-electron chi connectivity index (χ0n) is 12.3. The molecule has 0 unspecified atom stereocenters. The van der Waals surface area contributed by atoms with Crippen molar-refractivity contribution in [3.8, 4) is 0 Å². The highest BCUT2D eigenvalue weighted by atomic mass is 16.4. The van der Waals surface area contributed by atoms with Gasteiger partial charge in [0.2, 0.25) is 5.91 Å². The quantitative estimate of drug-likeness (QED) is 0.712. The SMILES string of the molecule is CC1CCC(CNC(=O)C2(CN)CCC2)(C(=O)O)CC1. The van der Waals surface area contributed by atoms with Gasteiger partial charge in [0, 0.05) is 13.1 Å². The molecule has 0 aromatic heterocycles. The van der Waals surface area contributed by atoms with Crippen LogP contribution < -0.4 is 11.1 Å². The van der Waals surface area contributed by atoms with Crippen molar-refractivity contribution in [2.45, 2.75) is 51.9 Å². The third kappa shape index (κ3) is 2.68. The first-order chi connectivity index (χ1) is 9.44. The van der Waals surface area contributed by atoms with Crippen molar-refractivity contribution in [3.05, 3.63) is 0 Å². The average molecular weight is 282 g/mol. The van der Waals surface area contributed by atoms with E-state index in [2.05, 4.69) is 12.2 Å². The third-order valence-corrected chi connectivity index (χ3v) is 5.46. The van der Waals surface area contributed by atoms with Crippen molar-refractivity contribution in [1.82, 2.24) is 5.32 Å². The van der Waals surface area contributed by atoms with Gasteiger partial charge in [-0.2, -0.15) is 0 Å². The minimum atomic E-state index is -0.778. The molecular formula is C15H26N2O3. The normalized spacial score (nSPS) is 32.2. The number of rotatable bonds is 5.